The van der Waals surface area contributed by atoms with Crippen molar-refractivity contribution >= 4 is 18.3 Å². The molecule has 1 aromatic carbocycles. The number of hydrogen-bond acceptors (Lipinski definition) is 3. The molecule has 1 heterocycles. The summed E-state index contributed by atoms with van der Waals surface area (Å²) in [4.78, 5) is 14.1. The molecule has 0 saturated heterocycles. The summed E-state index contributed by atoms with van der Waals surface area (Å²) in [5.41, 5.74) is 8.67. The Hall–Kier alpha value is -1.10. The van der Waals surface area contributed by atoms with Crippen LogP contribution in [0.2, 0.25) is 0 Å². The molecular formula is C15H23ClN2O2. The first kappa shape index (κ1) is 17.0. The van der Waals surface area contributed by atoms with E-state index < -0.39 is 0 Å². The number of hydrogen-bond donors (Lipinski definition) is 1. The molecule has 112 valence electrons. The van der Waals surface area contributed by atoms with Crippen LogP contribution >= 0.6 is 12.4 Å². The standard InChI is InChI=1S/C15H22N2O2.ClH/c1-15(2,9-16)10-17(3)14(18)11-4-5-12-7-19-8-13(12)6-11;/h4-6H,7-10,16H2,1-3H3;1H. The van der Waals surface area contributed by atoms with Crippen LogP contribution in [0.15, 0.2) is 18.2 Å². The molecule has 1 aliphatic rings. The van der Waals surface area contributed by atoms with Crippen LogP contribution in [0.5, 0.6) is 0 Å². The number of nitrogens with two attached hydrogens (primary N) is 1. The average molecular weight is 299 g/mol. The quantitative estimate of drug-likeness (QED) is 0.927. The van der Waals surface area contributed by atoms with Gasteiger partial charge in [0.1, 0.15) is 0 Å². The molecular weight excluding hydrogens is 276 g/mol. The SMILES string of the molecule is CN(CC(C)(C)CN)C(=O)c1ccc2c(c1)COC2.Cl. The molecule has 5 heteroatoms. The van der Waals surface area contributed by atoms with Crippen molar-refractivity contribution in [3.63, 3.8) is 0 Å². The number of ether oxygens (including phenoxy) is 1. The second-order valence-electron chi connectivity index (χ2n) is 6.01. The van der Waals surface area contributed by atoms with E-state index in [0.29, 0.717) is 26.3 Å². The van der Waals surface area contributed by atoms with Crippen molar-refractivity contribution in [2.75, 3.05) is 20.1 Å². The fourth-order valence-corrected chi connectivity index (χ4v) is 2.30. The first-order chi connectivity index (χ1) is 8.93. The third-order valence-electron chi connectivity index (χ3n) is 3.53. The van der Waals surface area contributed by atoms with Crippen LogP contribution in [0.25, 0.3) is 0 Å². The van der Waals surface area contributed by atoms with E-state index in [2.05, 4.69) is 13.8 Å². The van der Waals surface area contributed by atoms with Crippen LogP contribution in [0.1, 0.15) is 35.3 Å². The second-order valence-corrected chi connectivity index (χ2v) is 6.01. The molecule has 0 radical (unpaired) electrons. The van der Waals surface area contributed by atoms with Gasteiger partial charge in [-0.05, 0) is 35.2 Å². The Morgan fingerprint density at radius 3 is 2.65 bits per heavy atom. The molecule has 1 aromatic rings. The van der Waals surface area contributed by atoms with Gasteiger partial charge in [-0.1, -0.05) is 19.9 Å². The smallest absolute Gasteiger partial charge is 0.253 e. The van der Waals surface area contributed by atoms with Gasteiger partial charge in [-0.3, -0.25) is 4.79 Å². The van der Waals surface area contributed by atoms with Crippen molar-refractivity contribution in [2.24, 2.45) is 11.1 Å². The van der Waals surface area contributed by atoms with E-state index in [4.69, 9.17) is 10.5 Å². The Labute approximate surface area is 126 Å². The lowest BCUT2D eigenvalue weighted by atomic mass is 9.93. The number of halogens is 1. The summed E-state index contributed by atoms with van der Waals surface area (Å²) in [6.45, 7) is 6.59. The van der Waals surface area contributed by atoms with E-state index in [-0.39, 0.29) is 23.7 Å². The molecule has 20 heavy (non-hydrogen) atoms. The number of carbonyl (C=O) groups excluding carboxylic acids is 1. The molecule has 0 unspecified atom stereocenters. The Morgan fingerprint density at radius 1 is 1.35 bits per heavy atom. The molecule has 1 amide bonds. The van der Waals surface area contributed by atoms with Gasteiger partial charge in [-0.25, -0.2) is 0 Å². The van der Waals surface area contributed by atoms with Crippen molar-refractivity contribution < 1.29 is 9.53 Å². The van der Waals surface area contributed by atoms with Crippen molar-refractivity contribution in [3.8, 4) is 0 Å². The summed E-state index contributed by atoms with van der Waals surface area (Å²) in [5, 5.41) is 0. The van der Waals surface area contributed by atoms with Crippen LogP contribution in [-0.2, 0) is 18.0 Å². The lowest BCUT2D eigenvalue weighted by Crippen LogP contribution is -2.39. The molecule has 1 aliphatic heterocycles. The van der Waals surface area contributed by atoms with Crippen molar-refractivity contribution in [2.45, 2.75) is 27.1 Å². The highest BCUT2D eigenvalue weighted by Crippen LogP contribution is 2.22. The maximum absolute atomic E-state index is 12.4. The molecule has 4 nitrogen and oxygen atoms in total. The Balaban J connectivity index is 0.00000200. The van der Waals surface area contributed by atoms with Gasteiger partial charge in [-0.2, -0.15) is 0 Å². The number of benzene rings is 1. The summed E-state index contributed by atoms with van der Waals surface area (Å²) in [6.07, 6.45) is 0. The van der Waals surface area contributed by atoms with Crippen molar-refractivity contribution in [3.05, 3.63) is 34.9 Å². The van der Waals surface area contributed by atoms with Gasteiger partial charge in [0.05, 0.1) is 13.2 Å². The van der Waals surface area contributed by atoms with Crippen LogP contribution < -0.4 is 5.73 Å². The van der Waals surface area contributed by atoms with E-state index in [1.54, 1.807) is 4.90 Å². The third kappa shape index (κ3) is 3.72. The van der Waals surface area contributed by atoms with Crippen molar-refractivity contribution in [1.29, 1.82) is 0 Å². The van der Waals surface area contributed by atoms with Crippen molar-refractivity contribution in [1.82, 2.24) is 4.90 Å². The molecule has 0 aliphatic carbocycles. The van der Waals surface area contributed by atoms with Crippen LogP contribution in [0, 0.1) is 5.41 Å². The summed E-state index contributed by atoms with van der Waals surface area (Å²) in [6, 6.07) is 5.80. The zero-order chi connectivity index (χ0) is 14.0. The monoisotopic (exact) mass is 298 g/mol. The molecule has 0 atom stereocenters. The number of rotatable bonds is 4. The molecule has 2 N–H and O–H groups in total. The predicted octanol–water partition coefficient (Wildman–Crippen LogP) is 2.20. The highest BCUT2D eigenvalue weighted by Gasteiger charge is 2.23. The largest absolute Gasteiger partial charge is 0.372 e. The topological polar surface area (TPSA) is 55.6 Å². The highest BCUT2D eigenvalue weighted by molar-refractivity contribution is 5.94. The van der Waals surface area contributed by atoms with Gasteiger partial charge in [-0.15, -0.1) is 12.4 Å². The minimum absolute atomic E-state index is 0. The lowest BCUT2D eigenvalue weighted by Gasteiger charge is -2.29. The number of fused-ring (bicyclic) bond motifs is 1. The first-order valence-electron chi connectivity index (χ1n) is 6.58. The van der Waals surface area contributed by atoms with E-state index in [0.717, 1.165) is 11.1 Å². The van der Waals surface area contributed by atoms with E-state index in [1.165, 1.54) is 5.56 Å². The van der Waals surface area contributed by atoms with Gasteiger partial charge in [0.25, 0.3) is 5.91 Å². The maximum Gasteiger partial charge on any atom is 0.253 e. The third-order valence-corrected chi connectivity index (χ3v) is 3.53. The minimum atomic E-state index is -0.0652. The number of carbonyl (C=O) groups is 1. The molecule has 0 saturated carbocycles. The second kappa shape index (κ2) is 6.57. The van der Waals surface area contributed by atoms with E-state index in [9.17, 15) is 4.79 Å². The van der Waals surface area contributed by atoms with Crippen LogP contribution in [-0.4, -0.2) is 30.9 Å². The minimum Gasteiger partial charge on any atom is -0.372 e. The molecule has 0 spiro atoms. The van der Waals surface area contributed by atoms with Gasteiger partial charge in [0.15, 0.2) is 0 Å². The van der Waals surface area contributed by atoms with Gasteiger partial charge >= 0.3 is 0 Å². The maximum atomic E-state index is 12.4. The molecule has 0 aromatic heterocycles. The highest BCUT2D eigenvalue weighted by atomic mass is 35.5. The van der Waals surface area contributed by atoms with Gasteiger partial charge < -0.3 is 15.4 Å². The predicted molar refractivity (Wildman–Crippen MR) is 82.0 cm³/mol. The van der Waals surface area contributed by atoms with E-state index >= 15 is 0 Å². The molecule has 2 rings (SSSR count). The van der Waals surface area contributed by atoms with E-state index in [1.807, 2.05) is 25.2 Å². The Kier molecular flexibility index (Phi) is 5.57. The molecule has 0 fully saturated rings. The van der Waals surface area contributed by atoms with Gasteiger partial charge in [0.2, 0.25) is 0 Å². The fourth-order valence-electron chi connectivity index (χ4n) is 2.30. The van der Waals surface area contributed by atoms with Crippen LogP contribution in [0.3, 0.4) is 0 Å². The van der Waals surface area contributed by atoms with Gasteiger partial charge in [0, 0.05) is 19.2 Å². The Bertz CT molecular complexity index is 489. The summed E-state index contributed by atoms with van der Waals surface area (Å²) >= 11 is 0. The van der Waals surface area contributed by atoms with Crippen LogP contribution in [0.4, 0.5) is 0 Å². The summed E-state index contributed by atoms with van der Waals surface area (Å²) < 4.78 is 5.37. The molecule has 0 bridgehead atoms. The zero-order valence-electron chi connectivity index (χ0n) is 12.3. The first-order valence-corrected chi connectivity index (χ1v) is 6.58. The summed E-state index contributed by atoms with van der Waals surface area (Å²) in [5.74, 6) is 0.0382. The summed E-state index contributed by atoms with van der Waals surface area (Å²) in [7, 11) is 1.82. The lowest BCUT2D eigenvalue weighted by molar-refractivity contribution is 0.0740. The normalized spacial score (nSPS) is 13.6. The number of nitrogens with zero attached hydrogens (tertiary/aromatic N) is 1. The fraction of sp³-hybridized carbons (Fsp3) is 0.533. The Morgan fingerprint density at radius 2 is 2.00 bits per heavy atom. The average Bonchev–Trinajstić information content (AvgIpc) is 2.84. The zero-order valence-corrected chi connectivity index (χ0v) is 13.1. The number of amides is 1.